The standard InChI is InChI=1S/C14H20ClN3O3S/c1-14(2,3)21-13(19)18-6-4-10(5-7-18)22(20)12-8-11(15)16-9-17-12/h8-10H,4-7H2,1-3H3/t22-/m0/s1. The van der Waals surface area contributed by atoms with Gasteiger partial charge in [0.25, 0.3) is 0 Å². The molecule has 122 valence electrons. The van der Waals surface area contributed by atoms with Gasteiger partial charge in [0.1, 0.15) is 22.1 Å². The predicted molar refractivity (Wildman–Crippen MR) is 84.3 cm³/mol. The van der Waals surface area contributed by atoms with Crippen molar-refractivity contribution in [1.82, 2.24) is 14.9 Å². The highest BCUT2D eigenvalue weighted by Gasteiger charge is 2.30. The highest BCUT2D eigenvalue weighted by Crippen LogP contribution is 2.22. The minimum Gasteiger partial charge on any atom is -0.444 e. The van der Waals surface area contributed by atoms with Crippen molar-refractivity contribution in [2.45, 2.75) is 49.5 Å². The third kappa shape index (κ3) is 4.64. The number of hydrogen-bond donors (Lipinski definition) is 0. The van der Waals surface area contributed by atoms with Crippen LogP contribution in [0.5, 0.6) is 0 Å². The molecule has 1 amide bonds. The van der Waals surface area contributed by atoms with Crippen molar-refractivity contribution in [3.05, 3.63) is 17.5 Å². The fourth-order valence-corrected chi connectivity index (χ4v) is 3.75. The number of ether oxygens (including phenoxy) is 1. The topological polar surface area (TPSA) is 72.4 Å². The Morgan fingerprint density at radius 1 is 1.36 bits per heavy atom. The van der Waals surface area contributed by atoms with E-state index in [4.69, 9.17) is 16.3 Å². The molecule has 2 rings (SSSR count). The molecule has 1 aliphatic heterocycles. The van der Waals surface area contributed by atoms with Crippen LogP contribution in [0, 0.1) is 0 Å². The van der Waals surface area contributed by atoms with Crippen LogP contribution in [0.3, 0.4) is 0 Å². The van der Waals surface area contributed by atoms with Gasteiger partial charge in [0.15, 0.2) is 0 Å². The molecule has 0 spiro atoms. The Morgan fingerprint density at radius 3 is 2.55 bits per heavy atom. The van der Waals surface area contributed by atoms with Crippen LogP contribution in [0.25, 0.3) is 0 Å². The van der Waals surface area contributed by atoms with Crippen LogP contribution >= 0.6 is 11.6 Å². The number of carbonyl (C=O) groups excluding carboxylic acids is 1. The number of hydrogen-bond acceptors (Lipinski definition) is 5. The molecule has 6 nitrogen and oxygen atoms in total. The summed E-state index contributed by atoms with van der Waals surface area (Å²) >= 11 is 5.80. The molecule has 2 heterocycles. The van der Waals surface area contributed by atoms with Crippen molar-refractivity contribution in [2.24, 2.45) is 0 Å². The lowest BCUT2D eigenvalue weighted by atomic mass is 10.1. The summed E-state index contributed by atoms with van der Waals surface area (Å²) in [5.74, 6) is 0. The molecule has 0 bridgehead atoms. The number of rotatable bonds is 2. The van der Waals surface area contributed by atoms with Crippen molar-refractivity contribution in [2.75, 3.05) is 13.1 Å². The van der Waals surface area contributed by atoms with Gasteiger partial charge in [0.2, 0.25) is 0 Å². The van der Waals surface area contributed by atoms with E-state index in [-0.39, 0.29) is 16.5 Å². The molecule has 0 N–H and O–H groups in total. The summed E-state index contributed by atoms with van der Waals surface area (Å²) in [6.45, 7) is 6.58. The molecule has 0 radical (unpaired) electrons. The Bertz CT molecular complexity index is 569. The molecule has 0 aromatic carbocycles. The fourth-order valence-electron chi connectivity index (χ4n) is 2.18. The third-order valence-corrected chi connectivity index (χ3v) is 5.13. The van der Waals surface area contributed by atoms with E-state index in [1.54, 1.807) is 4.90 Å². The van der Waals surface area contributed by atoms with Crippen molar-refractivity contribution in [1.29, 1.82) is 0 Å². The maximum Gasteiger partial charge on any atom is 0.410 e. The summed E-state index contributed by atoms with van der Waals surface area (Å²) in [6.07, 6.45) is 2.29. The van der Waals surface area contributed by atoms with E-state index < -0.39 is 16.4 Å². The van der Waals surface area contributed by atoms with Gasteiger partial charge in [-0.1, -0.05) is 11.6 Å². The lowest BCUT2D eigenvalue weighted by Crippen LogP contribution is -2.43. The van der Waals surface area contributed by atoms with Gasteiger partial charge in [-0.25, -0.2) is 14.8 Å². The monoisotopic (exact) mass is 345 g/mol. The Labute approximate surface area is 137 Å². The van der Waals surface area contributed by atoms with E-state index in [1.807, 2.05) is 20.8 Å². The number of aromatic nitrogens is 2. The second kappa shape index (κ2) is 6.91. The number of likely N-dealkylation sites (tertiary alicyclic amines) is 1. The predicted octanol–water partition coefficient (Wildman–Crippen LogP) is 2.64. The number of carbonyl (C=O) groups is 1. The average molecular weight is 346 g/mol. The van der Waals surface area contributed by atoms with Gasteiger partial charge in [-0.3, -0.25) is 4.21 Å². The first kappa shape index (κ1) is 17.1. The van der Waals surface area contributed by atoms with Crippen LogP contribution in [0.15, 0.2) is 17.4 Å². The van der Waals surface area contributed by atoms with Gasteiger partial charge in [-0.05, 0) is 33.6 Å². The van der Waals surface area contributed by atoms with E-state index in [2.05, 4.69) is 9.97 Å². The van der Waals surface area contributed by atoms with E-state index >= 15 is 0 Å². The second-order valence-corrected chi connectivity index (χ2v) is 8.21. The zero-order valence-corrected chi connectivity index (χ0v) is 14.5. The Kier molecular flexibility index (Phi) is 5.39. The molecule has 1 fully saturated rings. The van der Waals surface area contributed by atoms with Crippen LogP contribution in [0.2, 0.25) is 5.15 Å². The third-order valence-electron chi connectivity index (χ3n) is 3.21. The minimum absolute atomic E-state index is 0.0374. The lowest BCUT2D eigenvalue weighted by molar-refractivity contribution is 0.0218. The van der Waals surface area contributed by atoms with Gasteiger partial charge >= 0.3 is 6.09 Å². The molecule has 0 saturated carbocycles. The van der Waals surface area contributed by atoms with E-state index in [9.17, 15) is 9.00 Å². The Morgan fingerprint density at radius 2 is 2.00 bits per heavy atom. The summed E-state index contributed by atoms with van der Waals surface area (Å²) < 4.78 is 17.8. The highest BCUT2D eigenvalue weighted by molar-refractivity contribution is 7.85. The minimum atomic E-state index is -1.24. The number of amides is 1. The Hall–Kier alpha value is -1.21. The molecule has 1 aromatic heterocycles. The van der Waals surface area contributed by atoms with Crippen LogP contribution in [-0.4, -0.2) is 49.1 Å². The SMILES string of the molecule is CC(C)(C)OC(=O)N1CCC([S@](=O)c2cc(Cl)ncn2)CC1. The maximum absolute atomic E-state index is 12.5. The molecular formula is C14H20ClN3O3S. The highest BCUT2D eigenvalue weighted by atomic mass is 35.5. The summed E-state index contributed by atoms with van der Waals surface area (Å²) in [4.78, 5) is 21.5. The molecule has 8 heteroatoms. The smallest absolute Gasteiger partial charge is 0.410 e. The first-order chi connectivity index (χ1) is 10.3. The lowest BCUT2D eigenvalue weighted by Gasteiger charge is -2.32. The largest absolute Gasteiger partial charge is 0.444 e. The zero-order valence-electron chi connectivity index (χ0n) is 12.9. The molecule has 0 unspecified atom stereocenters. The first-order valence-corrected chi connectivity index (χ1v) is 8.71. The second-order valence-electron chi connectivity index (χ2n) is 6.14. The first-order valence-electron chi connectivity index (χ1n) is 7.12. The summed E-state index contributed by atoms with van der Waals surface area (Å²) in [7, 11) is -1.24. The fraction of sp³-hybridized carbons (Fsp3) is 0.643. The Balaban J connectivity index is 1.92. The summed E-state index contributed by atoms with van der Waals surface area (Å²) in [5.41, 5.74) is -0.505. The molecular weight excluding hydrogens is 326 g/mol. The van der Waals surface area contributed by atoms with Crippen molar-refractivity contribution in [3.8, 4) is 0 Å². The van der Waals surface area contributed by atoms with Crippen LogP contribution in [-0.2, 0) is 15.5 Å². The van der Waals surface area contributed by atoms with Crippen molar-refractivity contribution in [3.63, 3.8) is 0 Å². The molecule has 22 heavy (non-hydrogen) atoms. The summed E-state index contributed by atoms with van der Waals surface area (Å²) in [5, 5.41) is 0.685. The van der Waals surface area contributed by atoms with Crippen molar-refractivity contribution >= 4 is 28.5 Å². The van der Waals surface area contributed by atoms with Crippen LogP contribution in [0.4, 0.5) is 4.79 Å². The number of nitrogens with zero attached hydrogens (tertiary/aromatic N) is 3. The van der Waals surface area contributed by atoms with Crippen LogP contribution in [0.1, 0.15) is 33.6 Å². The van der Waals surface area contributed by atoms with Crippen LogP contribution < -0.4 is 0 Å². The van der Waals surface area contributed by atoms with E-state index in [0.717, 1.165) is 0 Å². The summed E-state index contributed by atoms with van der Waals surface area (Å²) in [6, 6.07) is 1.53. The quantitative estimate of drug-likeness (QED) is 0.770. The van der Waals surface area contributed by atoms with Gasteiger partial charge in [0.05, 0.1) is 10.8 Å². The van der Waals surface area contributed by atoms with Gasteiger partial charge in [-0.15, -0.1) is 0 Å². The van der Waals surface area contributed by atoms with Gasteiger partial charge < -0.3 is 9.64 Å². The number of halogens is 1. The molecule has 0 aliphatic carbocycles. The van der Waals surface area contributed by atoms with Gasteiger partial charge in [-0.2, -0.15) is 0 Å². The zero-order chi connectivity index (χ0) is 16.3. The maximum atomic E-state index is 12.5. The normalized spacial score (nSPS) is 18.1. The molecule has 1 aliphatic rings. The van der Waals surface area contributed by atoms with E-state index in [0.29, 0.717) is 31.0 Å². The van der Waals surface area contributed by atoms with Crippen molar-refractivity contribution < 1.29 is 13.7 Å². The molecule has 1 aromatic rings. The average Bonchev–Trinajstić information content (AvgIpc) is 2.45. The molecule has 1 atom stereocenters. The van der Waals surface area contributed by atoms with E-state index in [1.165, 1.54) is 12.4 Å². The van der Waals surface area contributed by atoms with Gasteiger partial charge in [0, 0.05) is 24.4 Å². The molecule has 1 saturated heterocycles. The number of piperidine rings is 1.